The summed E-state index contributed by atoms with van der Waals surface area (Å²) >= 11 is 0. The molecule has 0 radical (unpaired) electrons. The van der Waals surface area contributed by atoms with Gasteiger partial charge in [-0.05, 0) is 0 Å². The van der Waals surface area contributed by atoms with E-state index in [1.54, 1.807) is 0 Å². The molecule has 1 fully saturated rings. The second kappa shape index (κ2) is 6.11. The molecular weight excluding hydrogens is 352 g/mol. The lowest BCUT2D eigenvalue weighted by atomic mass is 10.4. The van der Waals surface area contributed by atoms with E-state index in [2.05, 4.69) is 10.3 Å². The van der Waals surface area contributed by atoms with Crippen molar-refractivity contribution < 1.29 is 13.2 Å². The van der Waals surface area contributed by atoms with Gasteiger partial charge in [-0.3, -0.25) is 18.7 Å². The number of amides is 1. The van der Waals surface area contributed by atoms with Crippen LogP contribution in [-0.4, -0.2) is 62.7 Å². The number of aryl methyl sites for hydroxylation is 2. The van der Waals surface area contributed by atoms with E-state index in [4.69, 9.17) is 0 Å². The number of fused-ring (bicyclic) bond motifs is 1. The largest absolute Gasteiger partial charge is 0.354 e. The van der Waals surface area contributed by atoms with Crippen LogP contribution in [0, 0.1) is 0 Å². The Labute approximate surface area is 142 Å². The topological polar surface area (TPSA) is 128 Å². The van der Waals surface area contributed by atoms with E-state index in [0.717, 1.165) is 8.87 Å². The molecule has 11 nitrogen and oxygen atoms in total. The Bertz CT molecular complexity index is 1060. The SMILES string of the molecule is Cn1c(=O)c2c(ncn2CCS(=O)(=O)N2CCNC(=O)C2)n(C)c1=O. The molecule has 2 aromatic rings. The molecule has 25 heavy (non-hydrogen) atoms. The zero-order valence-electron chi connectivity index (χ0n) is 13.8. The minimum atomic E-state index is -3.66. The number of nitrogens with one attached hydrogen (secondary N) is 1. The molecule has 0 bridgehead atoms. The highest BCUT2D eigenvalue weighted by molar-refractivity contribution is 7.89. The number of sulfonamides is 1. The summed E-state index contributed by atoms with van der Waals surface area (Å²) in [7, 11) is -0.813. The Morgan fingerprint density at radius 1 is 1.20 bits per heavy atom. The van der Waals surface area contributed by atoms with Crippen LogP contribution in [0.15, 0.2) is 15.9 Å². The van der Waals surface area contributed by atoms with Crippen LogP contribution in [0.4, 0.5) is 0 Å². The first kappa shape index (κ1) is 17.4. The Balaban J connectivity index is 1.91. The van der Waals surface area contributed by atoms with E-state index in [-0.39, 0.29) is 49.0 Å². The molecule has 0 spiro atoms. The summed E-state index contributed by atoms with van der Waals surface area (Å²) < 4.78 is 29.5. The highest BCUT2D eigenvalue weighted by Crippen LogP contribution is 2.09. The van der Waals surface area contributed by atoms with Gasteiger partial charge in [0.25, 0.3) is 5.56 Å². The molecule has 0 atom stereocenters. The maximum absolute atomic E-state index is 12.4. The third kappa shape index (κ3) is 2.98. The van der Waals surface area contributed by atoms with Crippen molar-refractivity contribution in [2.24, 2.45) is 14.1 Å². The fourth-order valence-electron chi connectivity index (χ4n) is 2.76. The zero-order valence-corrected chi connectivity index (χ0v) is 14.6. The summed E-state index contributed by atoms with van der Waals surface area (Å²) in [6, 6.07) is 0. The van der Waals surface area contributed by atoms with Gasteiger partial charge in [-0.2, -0.15) is 4.31 Å². The monoisotopic (exact) mass is 370 g/mol. The van der Waals surface area contributed by atoms with Crippen LogP contribution in [0.2, 0.25) is 0 Å². The van der Waals surface area contributed by atoms with Gasteiger partial charge >= 0.3 is 5.69 Å². The Morgan fingerprint density at radius 2 is 1.92 bits per heavy atom. The first-order valence-corrected chi connectivity index (χ1v) is 9.18. The van der Waals surface area contributed by atoms with Crippen molar-refractivity contribution in [3.05, 3.63) is 27.2 Å². The van der Waals surface area contributed by atoms with Crippen molar-refractivity contribution in [1.82, 2.24) is 28.3 Å². The smallest absolute Gasteiger partial charge is 0.332 e. The van der Waals surface area contributed by atoms with Gasteiger partial charge < -0.3 is 9.88 Å². The fraction of sp³-hybridized carbons (Fsp3) is 0.538. The Morgan fingerprint density at radius 3 is 2.60 bits per heavy atom. The summed E-state index contributed by atoms with van der Waals surface area (Å²) in [5.74, 6) is -0.621. The molecule has 1 aliphatic heterocycles. The molecule has 1 amide bonds. The maximum Gasteiger partial charge on any atom is 0.332 e. The van der Waals surface area contributed by atoms with Crippen molar-refractivity contribution in [3.63, 3.8) is 0 Å². The predicted octanol–water partition coefficient (Wildman–Crippen LogP) is -2.80. The molecule has 1 saturated heterocycles. The van der Waals surface area contributed by atoms with E-state index < -0.39 is 21.3 Å². The number of hydrogen-bond donors (Lipinski definition) is 1. The number of imidazole rings is 1. The van der Waals surface area contributed by atoms with Gasteiger partial charge in [0.05, 0.1) is 18.6 Å². The van der Waals surface area contributed by atoms with E-state index in [9.17, 15) is 22.8 Å². The molecule has 1 N–H and O–H groups in total. The maximum atomic E-state index is 12.4. The predicted molar refractivity (Wildman–Crippen MR) is 88.6 cm³/mol. The third-order valence-electron chi connectivity index (χ3n) is 4.20. The van der Waals surface area contributed by atoms with Crippen LogP contribution >= 0.6 is 0 Å². The first-order valence-electron chi connectivity index (χ1n) is 7.58. The highest BCUT2D eigenvalue weighted by Gasteiger charge is 2.27. The highest BCUT2D eigenvalue weighted by atomic mass is 32.2. The quantitative estimate of drug-likeness (QED) is 0.619. The molecule has 2 aromatic heterocycles. The van der Waals surface area contributed by atoms with Gasteiger partial charge in [0.15, 0.2) is 11.2 Å². The van der Waals surface area contributed by atoms with Crippen molar-refractivity contribution in [2.75, 3.05) is 25.4 Å². The number of nitrogens with zero attached hydrogens (tertiary/aromatic N) is 5. The molecular formula is C13H18N6O5S. The Hall–Kier alpha value is -2.47. The molecule has 0 aromatic carbocycles. The molecule has 0 saturated carbocycles. The van der Waals surface area contributed by atoms with Crippen molar-refractivity contribution in [2.45, 2.75) is 6.54 Å². The number of piperazine rings is 1. The second-order valence-corrected chi connectivity index (χ2v) is 7.90. The lowest BCUT2D eigenvalue weighted by molar-refractivity contribution is -0.122. The van der Waals surface area contributed by atoms with Crippen molar-refractivity contribution >= 4 is 27.1 Å². The van der Waals surface area contributed by atoms with Crippen molar-refractivity contribution in [3.8, 4) is 0 Å². The summed E-state index contributed by atoms with van der Waals surface area (Å²) in [6.45, 7) is 0.275. The number of carbonyl (C=O) groups is 1. The van der Waals surface area contributed by atoms with Gasteiger partial charge in [0.1, 0.15) is 0 Å². The normalized spacial score (nSPS) is 16.3. The molecule has 3 rings (SSSR count). The average Bonchev–Trinajstić information content (AvgIpc) is 3.00. The lowest BCUT2D eigenvalue weighted by Crippen LogP contribution is -2.50. The molecule has 136 valence electrons. The summed E-state index contributed by atoms with van der Waals surface area (Å²) in [5, 5.41) is 2.57. The van der Waals surface area contributed by atoms with E-state index in [1.165, 1.54) is 29.6 Å². The lowest BCUT2D eigenvalue weighted by Gasteiger charge is -2.25. The van der Waals surface area contributed by atoms with Gasteiger partial charge in [-0.25, -0.2) is 18.2 Å². The summed E-state index contributed by atoms with van der Waals surface area (Å²) in [5.41, 5.74) is -0.681. The van der Waals surface area contributed by atoms with Crippen LogP contribution in [0.25, 0.3) is 11.2 Å². The van der Waals surface area contributed by atoms with Gasteiger partial charge in [-0.1, -0.05) is 0 Å². The second-order valence-electron chi connectivity index (χ2n) is 5.82. The zero-order chi connectivity index (χ0) is 18.4. The van der Waals surface area contributed by atoms with Gasteiger partial charge in [0.2, 0.25) is 15.9 Å². The number of aromatic nitrogens is 4. The van der Waals surface area contributed by atoms with Crippen LogP contribution in [0.5, 0.6) is 0 Å². The first-order chi connectivity index (χ1) is 11.7. The van der Waals surface area contributed by atoms with Crippen LogP contribution < -0.4 is 16.6 Å². The minimum absolute atomic E-state index is 0.00953. The van der Waals surface area contributed by atoms with Crippen LogP contribution in [0.3, 0.4) is 0 Å². The number of rotatable bonds is 4. The third-order valence-corrected chi connectivity index (χ3v) is 6.00. The molecule has 0 aliphatic carbocycles. The summed E-state index contributed by atoms with van der Waals surface area (Å²) in [6.07, 6.45) is 1.34. The summed E-state index contributed by atoms with van der Waals surface area (Å²) in [4.78, 5) is 39.6. The minimum Gasteiger partial charge on any atom is -0.354 e. The van der Waals surface area contributed by atoms with Crippen molar-refractivity contribution in [1.29, 1.82) is 0 Å². The van der Waals surface area contributed by atoms with Gasteiger partial charge in [0, 0.05) is 33.7 Å². The van der Waals surface area contributed by atoms with Crippen LogP contribution in [0.1, 0.15) is 0 Å². The van der Waals surface area contributed by atoms with Gasteiger partial charge in [-0.15, -0.1) is 0 Å². The standard InChI is InChI=1S/C13H18N6O5S/c1-16-11-10(12(21)17(2)13(16)22)18(8-15-11)5-6-25(23,24)19-4-3-14-9(20)7-19/h8H,3-7H2,1-2H3,(H,14,20). The van der Waals surface area contributed by atoms with E-state index in [1.807, 2.05) is 0 Å². The average molecular weight is 370 g/mol. The fourth-order valence-corrected chi connectivity index (χ4v) is 4.13. The molecule has 1 aliphatic rings. The molecule has 0 unspecified atom stereocenters. The number of hydrogen-bond acceptors (Lipinski definition) is 6. The Kier molecular flexibility index (Phi) is 4.24. The number of carbonyl (C=O) groups excluding carboxylic acids is 1. The molecule has 12 heteroatoms. The van der Waals surface area contributed by atoms with E-state index >= 15 is 0 Å². The van der Waals surface area contributed by atoms with E-state index in [0.29, 0.717) is 0 Å². The van der Waals surface area contributed by atoms with Crippen LogP contribution in [-0.2, 0) is 35.5 Å². The molecule has 3 heterocycles.